The third-order valence-corrected chi connectivity index (χ3v) is 3.26. The summed E-state index contributed by atoms with van der Waals surface area (Å²) in [5, 5.41) is 12.6. The van der Waals surface area contributed by atoms with E-state index in [1.165, 1.54) is 13.8 Å². The van der Waals surface area contributed by atoms with Gasteiger partial charge in [0, 0.05) is 18.1 Å². The van der Waals surface area contributed by atoms with E-state index >= 15 is 0 Å². The summed E-state index contributed by atoms with van der Waals surface area (Å²) in [6.07, 6.45) is 1.69. The summed E-state index contributed by atoms with van der Waals surface area (Å²) in [6, 6.07) is 9.47. The smallest absolute Gasteiger partial charge is 0.318 e. The average Bonchev–Trinajstić information content (AvgIpc) is 2.44. The van der Waals surface area contributed by atoms with E-state index < -0.39 is 17.3 Å². The summed E-state index contributed by atoms with van der Waals surface area (Å²) in [4.78, 5) is 27.2. The number of para-hydroxylation sites is 1. The molecule has 0 bridgehead atoms. The van der Waals surface area contributed by atoms with Crippen LogP contribution in [0, 0.1) is 5.41 Å². The van der Waals surface area contributed by atoms with Gasteiger partial charge in [-0.05, 0) is 25.5 Å². The van der Waals surface area contributed by atoms with E-state index in [9.17, 15) is 9.59 Å². The molecule has 5 nitrogen and oxygen atoms in total. The second kappa shape index (κ2) is 5.28. The molecule has 1 amide bonds. The Morgan fingerprint density at radius 3 is 2.65 bits per heavy atom. The summed E-state index contributed by atoms with van der Waals surface area (Å²) in [6.45, 7) is 3.02. The van der Waals surface area contributed by atoms with Gasteiger partial charge in [0.25, 0.3) is 0 Å². The first-order valence-corrected chi connectivity index (χ1v) is 6.27. The van der Waals surface area contributed by atoms with Crippen molar-refractivity contribution >= 4 is 22.8 Å². The molecule has 2 rings (SSSR count). The largest absolute Gasteiger partial charge is 0.480 e. The molecular formula is C15H16N2O3. The maximum Gasteiger partial charge on any atom is 0.318 e. The minimum Gasteiger partial charge on any atom is -0.480 e. The highest BCUT2D eigenvalue weighted by atomic mass is 16.4. The molecule has 0 radical (unpaired) electrons. The van der Waals surface area contributed by atoms with Gasteiger partial charge in [-0.3, -0.25) is 14.6 Å². The molecule has 0 saturated heterocycles. The number of hydrogen-bond acceptors (Lipinski definition) is 3. The minimum absolute atomic E-state index is 0.254. The number of fused-ring (bicyclic) bond motifs is 1. The monoisotopic (exact) mass is 272 g/mol. The number of nitrogens with zero attached hydrogens (tertiary/aromatic N) is 1. The number of amides is 1. The Labute approximate surface area is 116 Å². The number of pyridine rings is 1. The van der Waals surface area contributed by atoms with Crippen molar-refractivity contribution in [2.75, 3.05) is 0 Å². The molecule has 0 saturated carbocycles. The van der Waals surface area contributed by atoms with Crippen molar-refractivity contribution < 1.29 is 14.7 Å². The van der Waals surface area contributed by atoms with Crippen LogP contribution in [-0.4, -0.2) is 22.0 Å². The number of hydrogen-bond donors (Lipinski definition) is 2. The van der Waals surface area contributed by atoms with Crippen molar-refractivity contribution in [2.24, 2.45) is 5.41 Å². The van der Waals surface area contributed by atoms with E-state index in [1.807, 2.05) is 30.3 Å². The van der Waals surface area contributed by atoms with Gasteiger partial charge in [-0.15, -0.1) is 0 Å². The lowest BCUT2D eigenvalue weighted by molar-refractivity contribution is -0.153. The van der Waals surface area contributed by atoms with E-state index in [2.05, 4.69) is 10.3 Å². The molecule has 5 heteroatoms. The fourth-order valence-corrected chi connectivity index (χ4v) is 1.80. The molecule has 0 atom stereocenters. The van der Waals surface area contributed by atoms with Crippen molar-refractivity contribution in [3.63, 3.8) is 0 Å². The quantitative estimate of drug-likeness (QED) is 0.834. The van der Waals surface area contributed by atoms with Crippen molar-refractivity contribution in [1.82, 2.24) is 10.3 Å². The van der Waals surface area contributed by atoms with Gasteiger partial charge in [0.15, 0.2) is 0 Å². The van der Waals surface area contributed by atoms with Gasteiger partial charge < -0.3 is 10.4 Å². The van der Waals surface area contributed by atoms with Crippen LogP contribution in [0.1, 0.15) is 19.4 Å². The molecule has 1 aromatic carbocycles. The van der Waals surface area contributed by atoms with E-state index in [4.69, 9.17) is 5.11 Å². The maximum atomic E-state index is 11.9. The number of carboxylic acids is 1. The second-order valence-electron chi connectivity index (χ2n) is 5.11. The van der Waals surface area contributed by atoms with Crippen LogP contribution in [0.4, 0.5) is 0 Å². The van der Waals surface area contributed by atoms with Gasteiger partial charge in [0.1, 0.15) is 5.41 Å². The molecule has 2 aromatic rings. The Bertz CT molecular complexity index is 660. The number of carbonyl (C=O) groups is 2. The summed E-state index contributed by atoms with van der Waals surface area (Å²) < 4.78 is 0. The summed E-state index contributed by atoms with van der Waals surface area (Å²) >= 11 is 0. The molecule has 104 valence electrons. The Morgan fingerprint density at radius 2 is 1.95 bits per heavy atom. The third-order valence-electron chi connectivity index (χ3n) is 3.26. The van der Waals surface area contributed by atoms with Crippen molar-refractivity contribution in [3.05, 3.63) is 42.1 Å². The molecule has 1 aromatic heterocycles. The van der Waals surface area contributed by atoms with Crippen LogP contribution < -0.4 is 5.32 Å². The Morgan fingerprint density at radius 1 is 1.25 bits per heavy atom. The van der Waals surface area contributed by atoms with E-state index in [0.29, 0.717) is 0 Å². The zero-order valence-corrected chi connectivity index (χ0v) is 11.4. The lowest BCUT2D eigenvalue weighted by Gasteiger charge is -2.18. The van der Waals surface area contributed by atoms with Gasteiger partial charge in [-0.1, -0.05) is 24.3 Å². The lowest BCUT2D eigenvalue weighted by atomic mass is 9.92. The number of carbonyl (C=O) groups excluding carboxylic acids is 1. The minimum atomic E-state index is -1.45. The van der Waals surface area contributed by atoms with Crippen molar-refractivity contribution in [3.8, 4) is 0 Å². The molecule has 0 unspecified atom stereocenters. The fraction of sp³-hybridized carbons (Fsp3) is 0.267. The topological polar surface area (TPSA) is 79.3 Å². The second-order valence-corrected chi connectivity index (χ2v) is 5.11. The Kier molecular flexibility index (Phi) is 3.70. The first-order valence-electron chi connectivity index (χ1n) is 6.27. The van der Waals surface area contributed by atoms with Crippen LogP contribution >= 0.6 is 0 Å². The average molecular weight is 272 g/mol. The van der Waals surface area contributed by atoms with E-state index in [0.717, 1.165) is 16.5 Å². The van der Waals surface area contributed by atoms with Crippen LogP contribution in [0.25, 0.3) is 10.9 Å². The SMILES string of the molecule is CC(C)(C(=O)O)C(=O)NCc1cccc2cccnc12. The molecule has 1 heterocycles. The molecule has 0 aliphatic heterocycles. The number of aliphatic carboxylic acids is 1. The molecule has 0 fully saturated rings. The van der Waals surface area contributed by atoms with Gasteiger partial charge in [0.05, 0.1) is 5.52 Å². The fourth-order valence-electron chi connectivity index (χ4n) is 1.80. The molecule has 20 heavy (non-hydrogen) atoms. The lowest BCUT2D eigenvalue weighted by Crippen LogP contribution is -2.42. The molecule has 2 N–H and O–H groups in total. The number of benzene rings is 1. The van der Waals surface area contributed by atoms with Gasteiger partial charge >= 0.3 is 5.97 Å². The standard InChI is InChI=1S/C15H16N2O3/c1-15(2,14(19)20)13(18)17-9-11-6-3-5-10-7-4-8-16-12(10)11/h3-8H,9H2,1-2H3,(H,17,18)(H,19,20). The maximum absolute atomic E-state index is 11.9. The van der Waals surface area contributed by atoms with Crippen LogP contribution in [0.15, 0.2) is 36.5 Å². The van der Waals surface area contributed by atoms with E-state index in [1.54, 1.807) is 6.20 Å². The number of rotatable bonds is 4. The van der Waals surface area contributed by atoms with E-state index in [-0.39, 0.29) is 6.54 Å². The molecule has 0 aliphatic carbocycles. The highest BCUT2D eigenvalue weighted by Gasteiger charge is 2.35. The highest BCUT2D eigenvalue weighted by Crippen LogP contribution is 2.18. The normalized spacial score (nSPS) is 11.3. The summed E-state index contributed by atoms with van der Waals surface area (Å²) in [5.74, 6) is -1.66. The van der Waals surface area contributed by atoms with Crippen LogP contribution in [0.3, 0.4) is 0 Å². The number of carboxylic acid groups (broad SMARTS) is 1. The van der Waals surface area contributed by atoms with Gasteiger partial charge in [-0.2, -0.15) is 0 Å². The predicted octanol–water partition coefficient (Wildman–Crippen LogP) is 1.96. The first-order chi connectivity index (χ1) is 9.43. The van der Waals surface area contributed by atoms with Gasteiger partial charge in [-0.25, -0.2) is 0 Å². The number of aromatic nitrogens is 1. The highest BCUT2D eigenvalue weighted by molar-refractivity contribution is 6.01. The van der Waals surface area contributed by atoms with Gasteiger partial charge in [0.2, 0.25) is 5.91 Å². The first kappa shape index (κ1) is 14.0. The third kappa shape index (κ3) is 2.61. The zero-order chi connectivity index (χ0) is 14.8. The predicted molar refractivity (Wildman–Crippen MR) is 75.0 cm³/mol. The van der Waals surface area contributed by atoms with Crippen LogP contribution in [0.2, 0.25) is 0 Å². The molecule has 0 spiro atoms. The van der Waals surface area contributed by atoms with Crippen LogP contribution in [-0.2, 0) is 16.1 Å². The zero-order valence-electron chi connectivity index (χ0n) is 11.4. The van der Waals surface area contributed by atoms with Crippen molar-refractivity contribution in [2.45, 2.75) is 20.4 Å². The van der Waals surface area contributed by atoms with Crippen molar-refractivity contribution in [1.29, 1.82) is 0 Å². The summed E-state index contributed by atoms with van der Waals surface area (Å²) in [7, 11) is 0. The molecule has 0 aliphatic rings. The Hall–Kier alpha value is -2.43. The van der Waals surface area contributed by atoms with Crippen LogP contribution in [0.5, 0.6) is 0 Å². The number of nitrogens with one attached hydrogen (secondary N) is 1. The molecular weight excluding hydrogens is 256 g/mol. The summed E-state index contributed by atoms with van der Waals surface area (Å²) in [5.41, 5.74) is 0.221. The Balaban J connectivity index is 2.18.